The molecule has 4 rings (SSSR count). The van der Waals surface area contributed by atoms with Crippen molar-refractivity contribution in [1.29, 1.82) is 0 Å². The maximum atomic E-state index is 13.2. The average Bonchev–Trinajstić information content (AvgIpc) is 3.51. The van der Waals surface area contributed by atoms with Gasteiger partial charge in [0.05, 0.1) is 18.5 Å². The summed E-state index contributed by atoms with van der Waals surface area (Å²) in [6, 6.07) is 14.2. The number of ether oxygens (including phenoxy) is 2. The van der Waals surface area contributed by atoms with Gasteiger partial charge in [0.15, 0.2) is 17.2 Å². The number of halogens is 2. The van der Waals surface area contributed by atoms with Gasteiger partial charge in [-0.05, 0) is 42.7 Å². The number of hydrogen-bond donors (Lipinski definition) is 0. The summed E-state index contributed by atoms with van der Waals surface area (Å²) in [6.07, 6.45) is 1.97. The molecular weight excluding hydrogens is 406 g/mol. The molecule has 7 nitrogen and oxygen atoms in total. The largest absolute Gasteiger partial charge is 0.493 e. The highest BCUT2D eigenvalue weighted by molar-refractivity contribution is 5.93. The summed E-state index contributed by atoms with van der Waals surface area (Å²) in [4.78, 5) is 14.7. The predicted octanol–water partition coefficient (Wildman–Crippen LogP) is 4.03. The zero-order valence-corrected chi connectivity index (χ0v) is 17.2. The average molecular weight is 428 g/mol. The summed E-state index contributed by atoms with van der Waals surface area (Å²) in [7, 11) is 3.01. The van der Waals surface area contributed by atoms with E-state index >= 15 is 0 Å². The van der Waals surface area contributed by atoms with Crippen LogP contribution in [0.2, 0.25) is 0 Å². The van der Waals surface area contributed by atoms with Crippen LogP contribution in [0.25, 0.3) is 5.69 Å². The summed E-state index contributed by atoms with van der Waals surface area (Å²) in [5.74, 6) is 0.0789. The molecule has 0 saturated heterocycles. The first kappa shape index (κ1) is 20.8. The normalized spacial score (nSPS) is 13.3. The Balaban J connectivity index is 1.57. The molecule has 162 valence electrons. The number of benzene rings is 2. The molecule has 1 fully saturated rings. The molecule has 31 heavy (non-hydrogen) atoms. The maximum Gasteiger partial charge on any atom is 0.387 e. The fraction of sp³-hybridized carbons (Fsp3) is 0.318. The van der Waals surface area contributed by atoms with Crippen molar-refractivity contribution < 1.29 is 23.0 Å². The van der Waals surface area contributed by atoms with E-state index in [0.717, 1.165) is 24.2 Å². The van der Waals surface area contributed by atoms with Gasteiger partial charge in [0.1, 0.15) is 0 Å². The van der Waals surface area contributed by atoms with Crippen LogP contribution < -0.4 is 9.47 Å². The molecule has 1 aliphatic rings. The second-order valence-electron chi connectivity index (χ2n) is 7.37. The Kier molecular flexibility index (Phi) is 5.83. The summed E-state index contributed by atoms with van der Waals surface area (Å²) in [5.41, 5.74) is 2.59. The minimum atomic E-state index is -2.97. The first-order chi connectivity index (χ1) is 15.0. The lowest BCUT2D eigenvalue weighted by molar-refractivity contribution is -0.0512. The van der Waals surface area contributed by atoms with Crippen LogP contribution in [-0.4, -0.2) is 46.6 Å². The van der Waals surface area contributed by atoms with Crippen LogP contribution >= 0.6 is 0 Å². The Hall–Kier alpha value is -3.49. The smallest absolute Gasteiger partial charge is 0.387 e. The number of alkyl halides is 2. The summed E-state index contributed by atoms with van der Waals surface area (Å²) < 4.78 is 36.7. The molecule has 0 atom stereocenters. The Labute approximate surface area is 178 Å². The summed E-state index contributed by atoms with van der Waals surface area (Å²) in [6.45, 7) is -2.79. The number of rotatable bonds is 8. The molecule has 9 heteroatoms. The molecule has 1 saturated carbocycles. The highest BCUT2D eigenvalue weighted by Crippen LogP contribution is 2.42. The van der Waals surface area contributed by atoms with E-state index in [-0.39, 0.29) is 29.9 Å². The van der Waals surface area contributed by atoms with Gasteiger partial charge in [0.25, 0.3) is 5.91 Å². The number of nitrogens with zero attached hydrogens (tertiary/aromatic N) is 4. The maximum absolute atomic E-state index is 13.2. The Morgan fingerprint density at radius 2 is 1.94 bits per heavy atom. The third kappa shape index (κ3) is 4.50. The number of amides is 1. The molecule has 0 N–H and O–H groups in total. The van der Waals surface area contributed by atoms with Crippen LogP contribution in [0.4, 0.5) is 8.78 Å². The van der Waals surface area contributed by atoms with Gasteiger partial charge in [-0.3, -0.25) is 4.79 Å². The lowest BCUT2D eigenvalue weighted by Gasteiger charge is -2.18. The molecule has 1 aromatic heterocycles. The van der Waals surface area contributed by atoms with Crippen LogP contribution in [0.3, 0.4) is 0 Å². The fourth-order valence-electron chi connectivity index (χ4n) is 3.46. The van der Waals surface area contributed by atoms with E-state index in [0.29, 0.717) is 11.3 Å². The molecule has 2 aromatic carbocycles. The predicted molar refractivity (Wildman–Crippen MR) is 109 cm³/mol. The summed E-state index contributed by atoms with van der Waals surface area (Å²) >= 11 is 0. The minimum Gasteiger partial charge on any atom is -0.493 e. The van der Waals surface area contributed by atoms with Crippen LogP contribution in [0, 0.1) is 0 Å². The van der Waals surface area contributed by atoms with Crippen LogP contribution in [0.5, 0.6) is 11.5 Å². The van der Waals surface area contributed by atoms with E-state index in [4.69, 9.17) is 4.74 Å². The van der Waals surface area contributed by atoms with Gasteiger partial charge in [-0.2, -0.15) is 8.78 Å². The van der Waals surface area contributed by atoms with Crippen molar-refractivity contribution in [2.75, 3.05) is 14.2 Å². The van der Waals surface area contributed by atoms with Crippen LogP contribution in [0.15, 0.2) is 48.5 Å². The summed E-state index contributed by atoms with van der Waals surface area (Å²) in [5, 5.41) is 8.41. The zero-order chi connectivity index (χ0) is 22.0. The molecule has 0 bridgehead atoms. The number of carbonyl (C=O) groups excluding carboxylic acids is 1. The van der Waals surface area contributed by atoms with Gasteiger partial charge in [0.2, 0.25) is 0 Å². The van der Waals surface area contributed by atoms with Crippen molar-refractivity contribution >= 4 is 5.91 Å². The van der Waals surface area contributed by atoms with Crippen LogP contribution in [-0.2, 0) is 6.54 Å². The number of para-hydroxylation sites is 1. The van der Waals surface area contributed by atoms with E-state index < -0.39 is 6.61 Å². The van der Waals surface area contributed by atoms with Crippen molar-refractivity contribution in [3.05, 3.63) is 65.5 Å². The Bertz CT molecular complexity index is 1070. The van der Waals surface area contributed by atoms with E-state index in [1.165, 1.54) is 24.1 Å². The Morgan fingerprint density at radius 3 is 2.58 bits per heavy atom. The second-order valence-corrected chi connectivity index (χ2v) is 7.37. The van der Waals surface area contributed by atoms with Gasteiger partial charge in [-0.15, -0.1) is 5.10 Å². The van der Waals surface area contributed by atoms with E-state index in [1.807, 2.05) is 30.3 Å². The van der Waals surface area contributed by atoms with Crippen molar-refractivity contribution in [1.82, 2.24) is 19.9 Å². The second kappa shape index (κ2) is 8.71. The highest BCUT2D eigenvalue weighted by atomic mass is 19.3. The number of methoxy groups -OCH3 is 1. The zero-order valence-electron chi connectivity index (χ0n) is 17.2. The molecule has 0 radical (unpaired) electrons. The molecule has 0 aliphatic heterocycles. The standard InChI is InChI=1S/C22H22F2N4O3/c1-27(13-14-8-11-17(30-2)18(12-14)31-22(23)24)21(29)19-20(15-9-10-15)28(26-25-19)16-6-4-3-5-7-16/h3-8,11-12,15,22H,9-10,13H2,1-2H3. The Morgan fingerprint density at radius 1 is 1.19 bits per heavy atom. The first-order valence-corrected chi connectivity index (χ1v) is 9.86. The quantitative estimate of drug-likeness (QED) is 0.542. The number of carbonyl (C=O) groups is 1. The SMILES string of the molecule is COc1ccc(CN(C)C(=O)c2nnn(-c3ccccc3)c2C2CC2)cc1OC(F)F. The van der Waals surface area contributed by atoms with E-state index in [1.54, 1.807) is 17.8 Å². The van der Waals surface area contributed by atoms with E-state index in [2.05, 4.69) is 15.0 Å². The third-order valence-electron chi connectivity index (χ3n) is 5.08. The van der Waals surface area contributed by atoms with Gasteiger partial charge in [0, 0.05) is 19.5 Å². The van der Waals surface area contributed by atoms with Crippen molar-refractivity contribution in [3.63, 3.8) is 0 Å². The van der Waals surface area contributed by atoms with Gasteiger partial charge in [-0.25, -0.2) is 4.68 Å². The topological polar surface area (TPSA) is 69.5 Å². The first-order valence-electron chi connectivity index (χ1n) is 9.86. The van der Waals surface area contributed by atoms with Crippen molar-refractivity contribution in [3.8, 4) is 17.2 Å². The third-order valence-corrected chi connectivity index (χ3v) is 5.08. The van der Waals surface area contributed by atoms with Crippen LogP contribution in [0.1, 0.15) is 40.5 Å². The molecule has 0 unspecified atom stereocenters. The monoisotopic (exact) mass is 428 g/mol. The van der Waals surface area contributed by atoms with Gasteiger partial charge >= 0.3 is 6.61 Å². The lowest BCUT2D eigenvalue weighted by Crippen LogP contribution is -2.27. The molecular formula is C22H22F2N4O3. The lowest BCUT2D eigenvalue weighted by atomic mass is 10.1. The number of aromatic nitrogens is 3. The molecule has 1 aliphatic carbocycles. The molecule has 1 heterocycles. The fourth-order valence-corrected chi connectivity index (χ4v) is 3.46. The van der Waals surface area contributed by atoms with E-state index in [9.17, 15) is 13.6 Å². The number of hydrogen-bond acceptors (Lipinski definition) is 5. The molecule has 0 spiro atoms. The minimum absolute atomic E-state index is 0.0791. The molecule has 3 aromatic rings. The van der Waals surface area contributed by atoms with Gasteiger partial charge < -0.3 is 14.4 Å². The van der Waals surface area contributed by atoms with Crippen molar-refractivity contribution in [2.24, 2.45) is 0 Å². The molecule has 1 amide bonds. The highest BCUT2D eigenvalue weighted by Gasteiger charge is 2.35. The van der Waals surface area contributed by atoms with Gasteiger partial charge in [-0.1, -0.05) is 29.5 Å². The van der Waals surface area contributed by atoms with Crippen molar-refractivity contribution in [2.45, 2.75) is 31.9 Å².